The van der Waals surface area contributed by atoms with Crippen LogP contribution in [0.15, 0.2) is 12.2 Å². The van der Waals surface area contributed by atoms with E-state index in [0.29, 0.717) is 0 Å². The van der Waals surface area contributed by atoms with Crippen LogP contribution >= 0.6 is 0 Å². The Morgan fingerprint density at radius 2 is 2.00 bits per heavy atom. The van der Waals surface area contributed by atoms with Crippen LogP contribution in [0.4, 0.5) is 0 Å². The minimum Gasteiger partial charge on any atom is -0.0995 e. The maximum atomic E-state index is 4.12. The molecular formula is C10H14. The molecule has 3 aliphatic carbocycles. The average molecular weight is 134 g/mol. The van der Waals surface area contributed by atoms with E-state index in [1.165, 1.54) is 12.8 Å². The molecule has 0 radical (unpaired) electrons. The van der Waals surface area contributed by atoms with Crippen LogP contribution in [0.3, 0.4) is 0 Å². The molecule has 0 nitrogen and oxygen atoms in total. The highest BCUT2D eigenvalue weighted by Gasteiger charge is 2.53. The molecule has 10 heavy (non-hydrogen) atoms. The zero-order chi connectivity index (χ0) is 6.72. The molecule has 4 atom stereocenters. The van der Waals surface area contributed by atoms with E-state index >= 15 is 0 Å². The summed E-state index contributed by atoms with van der Waals surface area (Å²) >= 11 is 0. The molecule has 0 heteroatoms. The molecule has 3 rings (SSSR count). The summed E-state index contributed by atoms with van der Waals surface area (Å²) in [4.78, 5) is 0. The Hall–Kier alpha value is -0.260. The van der Waals surface area contributed by atoms with Gasteiger partial charge in [0.25, 0.3) is 0 Å². The van der Waals surface area contributed by atoms with Gasteiger partial charge in [-0.3, -0.25) is 0 Å². The zero-order valence-corrected chi connectivity index (χ0v) is 6.34. The van der Waals surface area contributed by atoms with E-state index in [1.807, 2.05) is 0 Å². The third kappa shape index (κ3) is 0.426. The van der Waals surface area contributed by atoms with Gasteiger partial charge in [-0.1, -0.05) is 12.2 Å². The fourth-order valence-electron chi connectivity index (χ4n) is 3.62. The van der Waals surface area contributed by atoms with E-state index in [-0.39, 0.29) is 0 Å². The summed E-state index contributed by atoms with van der Waals surface area (Å²) in [5, 5.41) is 0. The van der Waals surface area contributed by atoms with Crippen molar-refractivity contribution in [3.63, 3.8) is 0 Å². The van der Waals surface area contributed by atoms with Crippen LogP contribution in [0, 0.1) is 23.7 Å². The number of hydrogen-bond donors (Lipinski definition) is 0. The Morgan fingerprint density at radius 3 is 2.60 bits per heavy atom. The lowest BCUT2D eigenvalue weighted by Gasteiger charge is -2.42. The largest absolute Gasteiger partial charge is 0.0995 e. The van der Waals surface area contributed by atoms with Crippen LogP contribution < -0.4 is 0 Å². The second-order valence-corrected chi connectivity index (χ2v) is 4.39. The van der Waals surface area contributed by atoms with Crippen molar-refractivity contribution >= 4 is 0 Å². The molecule has 3 fully saturated rings. The molecule has 2 bridgehead atoms. The molecule has 0 N–H and O–H groups in total. The molecule has 0 aliphatic heterocycles. The standard InChI is InChI=1S/C10H14/c1-6-4-9-7-2-3-8(5-7)10(6)9/h7-10H,1-5H2/t7-,8+,9+,10-/m0/s1. The van der Waals surface area contributed by atoms with Crippen molar-refractivity contribution in [3.05, 3.63) is 12.2 Å². The smallest absolute Gasteiger partial charge is 0.0143 e. The first-order chi connectivity index (χ1) is 4.86. The van der Waals surface area contributed by atoms with Gasteiger partial charge in [0, 0.05) is 0 Å². The lowest BCUT2D eigenvalue weighted by molar-refractivity contribution is 0.179. The summed E-state index contributed by atoms with van der Waals surface area (Å²) in [6.07, 6.45) is 5.99. The van der Waals surface area contributed by atoms with Gasteiger partial charge in [-0.25, -0.2) is 0 Å². The quantitative estimate of drug-likeness (QED) is 0.447. The van der Waals surface area contributed by atoms with Crippen molar-refractivity contribution in [2.24, 2.45) is 23.7 Å². The first kappa shape index (κ1) is 5.40. The number of rotatable bonds is 0. The van der Waals surface area contributed by atoms with Crippen molar-refractivity contribution in [2.45, 2.75) is 25.7 Å². The molecule has 0 spiro atoms. The first-order valence-corrected chi connectivity index (χ1v) is 4.54. The number of fused-ring (bicyclic) bond motifs is 5. The molecule has 0 aromatic rings. The van der Waals surface area contributed by atoms with Crippen molar-refractivity contribution < 1.29 is 0 Å². The summed E-state index contributed by atoms with van der Waals surface area (Å²) in [6, 6.07) is 0. The third-order valence-corrected chi connectivity index (χ3v) is 4.06. The number of allylic oxidation sites excluding steroid dienone is 1. The Morgan fingerprint density at radius 1 is 1.20 bits per heavy atom. The minimum absolute atomic E-state index is 0.999. The van der Waals surface area contributed by atoms with Crippen molar-refractivity contribution in [1.82, 2.24) is 0 Å². The van der Waals surface area contributed by atoms with Crippen LogP contribution in [-0.2, 0) is 0 Å². The van der Waals surface area contributed by atoms with Gasteiger partial charge in [0.1, 0.15) is 0 Å². The minimum atomic E-state index is 0.999. The summed E-state index contributed by atoms with van der Waals surface area (Å²) < 4.78 is 0. The maximum absolute atomic E-state index is 4.12. The van der Waals surface area contributed by atoms with E-state index in [0.717, 1.165) is 23.7 Å². The van der Waals surface area contributed by atoms with Gasteiger partial charge in [-0.05, 0) is 49.4 Å². The molecule has 0 aromatic heterocycles. The Bertz CT molecular complexity index is 190. The number of hydrogen-bond acceptors (Lipinski definition) is 0. The topological polar surface area (TPSA) is 0 Å². The molecule has 0 aromatic carbocycles. The molecular weight excluding hydrogens is 120 g/mol. The van der Waals surface area contributed by atoms with Crippen LogP contribution in [0.5, 0.6) is 0 Å². The normalized spacial score (nSPS) is 56.6. The predicted octanol–water partition coefficient (Wildman–Crippen LogP) is 2.61. The second kappa shape index (κ2) is 1.49. The van der Waals surface area contributed by atoms with Gasteiger partial charge in [-0.15, -0.1) is 0 Å². The van der Waals surface area contributed by atoms with E-state index in [9.17, 15) is 0 Å². The fourth-order valence-corrected chi connectivity index (χ4v) is 3.62. The summed E-state index contributed by atoms with van der Waals surface area (Å²) in [5.74, 6) is 4.31. The van der Waals surface area contributed by atoms with Gasteiger partial charge in [0.15, 0.2) is 0 Å². The van der Waals surface area contributed by atoms with Gasteiger partial charge < -0.3 is 0 Å². The monoisotopic (exact) mass is 134 g/mol. The average Bonchev–Trinajstić information content (AvgIpc) is 2.40. The van der Waals surface area contributed by atoms with Crippen molar-refractivity contribution in [1.29, 1.82) is 0 Å². The third-order valence-electron chi connectivity index (χ3n) is 4.06. The van der Waals surface area contributed by atoms with E-state index in [2.05, 4.69) is 6.58 Å². The first-order valence-electron chi connectivity index (χ1n) is 4.54. The highest BCUT2D eigenvalue weighted by molar-refractivity contribution is 5.22. The molecule has 3 aliphatic rings. The van der Waals surface area contributed by atoms with Gasteiger partial charge in [0.2, 0.25) is 0 Å². The Labute approximate surface area is 62.3 Å². The molecule has 0 saturated heterocycles. The summed E-state index contributed by atoms with van der Waals surface area (Å²) in [7, 11) is 0. The van der Waals surface area contributed by atoms with Crippen molar-refractivity contribution in [2.75, 3.05) is 0 Å². The fraction of sp³-hybridized carbons (Fsp3) is 0.800. The van der Waals surface area contributed by atoms with E-state index < -0.39 is 0 Å². The van der Waals surface area contributed by atoms with Crippen molar-refractivity contribution in [3.8, 4) is 0 Å². The SMILES string of the molecule is C=C1C[C@@H]2[C@H]3CC[C@H](C3)[C@H]12. The lowest BCUT2D eigenvalue weighted by Crippen LogP contribution is -2.33. The van der Waals surface area contributed by atoms with Crippen LogP contribution in [0.1, 0.15) is 25.7 Å². The Kier molecular flexibility index (Phi) is 0.805. The molecule has 3 saturated carbocycles. The molecule has 0 heterocycles. The zero-order valence-electron chi connectivity index (χ0n) is 6.34. The predicted molar refractivity (Wildman–Crippen MR) is 41.6 cm³/mol. The highest BCUT2D eigenvalue weighted by atomic mass is 14.6. The summed E-state index contributed by atoms with van der Waals surface area (Å²) in [6.45, 7) is 4.12. The van der Waals surface area contributed by atoms with Gasteiger partial charge in [-0.2, -0.15) is 0 Å². The van der Waals surface area contributed by atoms with E-state index in [1.54, 1.807) is 18.4 Å². The lowest BCUT2D eigenvalue weighted by atomic mass is 9.63. The van der Waals surface area contributed by atoms with E-state index in [4.69, 9.17) is 0 Å². The molecule has 0 unspecified atom stereocenters. The Balaban J connectivity index is 1.95. The van der Waals surface area contributed by atoms with Gasteiger partial charge in [0.05, 0.1) is 0 Å². The summed E-state index contributed by atoms with van der Waals surface area (Å²) in [5.41, 5.74) is 1.58. The van der Waals surface area contributed by atoms with Crippen LogP contribution in [0.2, 0.25) is 0 Å². The second-order valence-electron chi connectivity index (χ2n) is 4.39. The highest BCUT2D eigenvalue weighted by Crippen LogP contribution is 2.62. The van der Waals surface area contributed by atoms with Crippen LogP contribution in [0.25, 0.3) is 0 Å². The molecule has 0 amide bonds. The van der Waals surface area contributed by atoms with Crippen LogP contribution in [-0.4, -0.2) is 0 Å². The van der Waals surface area contributed by atoms with Gasteiger partial charge >= 0.3 is 0 Å². The maximum Gasteiger partial charge on any atom is -0.0143 e. The molecule has 54 valence electrons.